The Morgan fingerprint density at radius 3 is 2.50 bits per heavy atom. The molecule has 1 rings (SSSR count). The van der Waals surface area contributed by atoms with E-state index in [1.54, 1.807) is 13.1 Å². The quantitative estimate of drug-likeness (QED) is 0.462. The maximum atomic E-state index is 12.1. The molecule has 2 N–H and O–H groups in total. The van der Waals surface area contributed by atoms with Gasteiger partial charge in [0.1, 0.15) is 6.61 Å². The molecule has 0 aromatic rings. The molecule has 1 aliphatic carbocycles. The fourth-order valence-corrected chi connectivity index (χ4v) is 2.33. The van der Waals surface area contributed by atoms with Crippen LogP contribution in [0.25, 0.3) is 0 Å². The van der Waals surface area contributed by atoms with Crippen molar-refractivity contribution in [1.29, 1.82) is 0 Å². The van der Waals surface area contributed by atoms with Crippen LogP contribution in [0.3, 0.4) is 0 Å². The lowest BCUT2D eigenvalue weighted by Crippen LogP contribution is -2.40. The van der Waals surface area contributed by atoms with E-state index in [2.05, 4.69) is 11.4 Å². The normalized spacial score (nSPS) is 18.3. The van der Waals surface area contributed by atoms with E-state index in [4.69, 9.17) is 11.2 Å². The Labute approximate surface area is 122 Å². The third kappa shape index (κ3) is 4.90. The molecule has 0 aliphatic heterocycles. The Kier molecular flexibility index (Phi) is 8.74. The average molecular weight is 281 g/mol. The van der Waals surface area contributed by atoms with Crippen molar-refractivity contribution in [3.63, 3.8) is 0 Å². The summed E-state index contributed by atoms with van der Waals surface area (Å²) in [6.07, 6.45) is 9.34. The minimum atomic E-state index is -0.709. The van der Waals surface area contributed by atoms with Gasteiger partial charge in [0.05, 0.1) is 11.5 Å². The van der Waals surface area contributed by atoms with Crippen molar-refractivity contribution in [1.82, 2.24) is 5.32 Å². The van der Waals surface area contributed by atoms with Gasteiger partial charge in [0.2, 0.25) is 0 Å². The number of esters is 1. The zero-order chi connectivity index (χ0) is 15.6. The van der Waals surface area contributed by atoms with Gasteiger partial charge < -0.3 is 15.2 Å². The van der Waals surface area contributed by atoms with E-state index < -0.39 is 11.5 Å². The van der Waals surface area contributed by atoms with Crippen LogP contribution in [0, 0.1) is 17.9 Å². The summed E-state index contributed by atoms with van der Waals surface area (Å²) in [5.41, 5.74) is 0.125. The van der Waals surface area contributed by atoms with Crippen molar-refractivity contribution in [3.05, 3.63) is 11.8 Å². The zero-order valence-corrected chi connectivity index (χ0v) is 13.0. The standard InChI is InChI=1S/C14H21NO3.C2H6/c1-4-15-9-11(2)10-18-13(17)14(12(3)16)7-5-6-8-14;1-2/h1,9,12,15-16H,5-8,10H2,2-3H3;1-2H3/b11-9+;. The second kappa shape index (κ2) is 9.44. The summed E-state index contributed by atoms with van der Waals surface area (Å²) >= 11 is 0. The van der Waals surface area contributed by atoms with Crippen LogP contribution in [0.5, 0.6) is 0 Å². The van der Waals surface area contributed by atoms with Crippen LogP contribution in [-0.2, 0) is 9.53 Å². The van der Waals surface area contributed by atoms with Gasteiger partial charge in [0, 0.05) is 12.2 Å². The fourth-order valence-electron chi connectivity index (χ4n) is 2.33. The van der Waals surface area contributed by atoms with Gasteiger partial charge >= 0.3 is 5.97 Å². The Bertz CT molecular complexity index is 360. The molecule has 1 atom stereocenters. The summed E-state index contributed by atoms with van der Waals surface area (Å²) in [6.45, 7) is 7.68. The minimum Gasteiger partial charge on any atom is -0.461 e. The molecule has 0 aromatic heterocycles. The molecule has 1 unspecified atom stereocenters. The third-order valence-corrected chi connectivity index (χ3v) is 3.53. The van der Waals surface area contributed by atoms with E-state index in [9.17, 15) is 9.90 Å². The van der Waals surface area contributed by atoms with Gasteiger partial charge in [-0.2, -0.15) is 0 Å². The Morgan fingerprint density at radius 2 is 2.05 bits per heavy atom. The summed E-state index contributed by atoms with van der Waals surface area (Å²) in [5, 5.41) is 12.4. The highest BCUT2D eigenvalue weighted by atomic mass is 16.5. The number of hydrogen-bond acceptors (Lipinski definition) is 4. The zero-order valence-electron chi connectivity index (χ0n) is 13.0. The number of nitrogens with one attached hydrogen (secondary N) is 1. The number of aliphatic hydroxyl groups is 1. The average Bonchev–Trinajstić information content (AvgIpc) is 2.95. The highest BCUT2D eigenvalue weighted by Gasteiger charge is 2.46. The highest BCUT2D eigenvalue weighted by molar-refractivity contribution is 5.78. The molecule has 0 spiro atoms. The molecule has 0 bridgehead atoms. The Balaban J connectivity index is 0.00000172. The van der Waals surface area contributed by atoms with Crippen molar-refractivity contribution in [2.45, 2.75) is 59.5 Å². The molecule has 4 nitrogen and oxygen atoms in total. The first-order chi connectivity index (χ1) is 9.53. The van der Waals surface area contributed by atoms with Crippen LogP contribution < -0.4 is 5.32 Å². The SMILES string of the molecule is C#CN/C=C(\C)COC(=O)C1(C(C)O)CCCC1.CC. The lowest BCUT2D eigenvalue weighted by atomic mass is 9.81. The molecule has 0 radical (unpaired) electrons. The molecule has 0 amide bonds. The Morgan fingerprint density at radius 1 is 1.50 bits per heavy atom. The summed E-state index contributed by atoms with van der Waals surface area (Å²) in [6, 6.07) is 2.26. The maximum Gasteiger partial charge on any atom is 0.315 e. The van der Waals surface area contributed by atoms with E-state index in [-0.39, 0.29) is 12.6 Å². The lowest BCUT2D eigenvalue weighted by Gasteiger charge is -2.29. The predicted molar refractivity (Wildman–Crippen MR) is 80.6 cm³/mol. The van der Waals surface area contributed by atoms with Crippen molar-refractivity contribution < 1.29 is 14.6 Å². The molecule has 114 valence electrons. The Hall–Kier alpha value is -1.47. The van der Waals surface area contributed by atoms with Crippen molar-refractivity contribution in [2.24, 2.45) is 5.41 Å². The summed E-state index contributed by atoms with van der Waals surface area (Å²) in [7, 11) is 0. The number of terminal acetylenes is 1. The molecule has 4 heteroatoms. The number of ether oxygens (including phenoxy) is 1. The van der Waals surface area contributed by atoms with Gasteiger partial charge in [-0.25, -0.2) is 0 Å². The first-order valence-electron chi connectivity index (χ1n) is 7.25. The molecule has 20 heavy (non-hydrogen) atoms. The minimum absolute atomic E-state index is 0.196. The number of carbonyl (C=O) groups excluding carboxylic acids is 1. The van der Waals surface area contributed by atoms with E-state index in [0.717, 1.165) is 18.4 Å². The third-order valence-electron chi connectivity index (χ3n) is 3.53. The van der Waals surface area contributed by atoms with Gasteiger partial charge in [-0.3, -0.25) is 4.79 Å². The second-order valence-electron chi connectivity index (χ2n) is 4.89. The molecule has 0 heterocycles. The van der Waals surface area contributed by atoms with Crippen LogP contribution >= 0.6 is 0 Å². The maximum absolute atomic E-state index is 12.1. The molecule has 1 fully saturated rings. The lowest BCUT2D eigenvalue weighted by molar-refractivity contribution is -0.161. The monoisotopic (exact) mass is 281 g/mol. The molecular weight excluding hydrogens is 254 g/mol. The first kappa shape index (κ1) is 18.5. The summed E-state index contributed by atoms with van der Waals surface area (Å²) in [5.74, 6) is -0.302. The molecule has 1 aliphatic rings. The van der Waals surface area contributed by atoms with Crippen molar-refractivity contribution in [2.75, 3.05) is 6.61 Å². The number of rotatable bonds is 5. The molecular formula is C16H27NO3. The van der Waals surface area contributed by atoms with Gasteiger partial charge in [-0.15, -0.1) is 0 Å². The van der Waals surface area contributed by atoms with Gasteiger partial charge in [-0.05, 0) is 32.3 Å². The van der Waals surface area contributed by atoms with Crippen LogP contribution in [0.15, 0.2) is 11.8 Å². The molecule has 0 saturated heterocycles. The fraction of sp³-hybridized carbons (Fsp3) is 0.688. The van der Waals surface area contributed by atoms with Gasteiger partial charge in [0.25, 0.3) is 0 Å². The van der Waals surface area contributed by atoms with Crippen molar-refractivity contribution in [3.8, 4) is 12.5 Å². The van der Waals surface area contributed by atoms with Crippen molar-refractivity contribution >= 4 is 5.97 Å². The smallest absolute Gasteiger partial charge is 0.315 e. The summed E-state index contributed by atoms with van der Waals surface area (Å²) in [4.78, 5) is 12.1. The first-order valence-corrected chi connectivity index (χ1v) is 7.25. The van der Waals surface area contributed by atoms with Gasteiger partial charge in [-0.1, -0.05) is 33.1 Å². The van der Waals surface area contributed by atoms with Crippen LogP contribution in [0.1, 0.15) is 53.4 Å². The molecule has 0 aromatic carbocycles. The van der Waals surface area contributed by atoms with E-state index in [1.807, 2.05) is 20.8 Å². The summed E-state index contributed by atoms with van der Waals surface area (Å²) < 4.78 is 5.27. The second-order valence-corrected chi connectivity index (χ2v) is 4.89. The van der Waals surface area contributed by atoms with E-state index in [0.29, 0.717) is 12.8 Å². The predicted octanol–water partition coefficient (Wildman–Crippen LogP) is 2.58. The molecule has 1 saturated carbocycles. The number of aliphatic hydroxyl groups excluding tert-OH is 1. The van der Waals surface area contributed by atoms with E-state index >= 15 is 0 Å². The van der Waals surface area contributed by atoms with E-state index in [1.165, 1.54) is 0 Å². The van der Waals surface area contributed by atoms with Crippen LogP contribution in [0.4, 0.5) is 0 Å². The largest absolute Gasteiger partial charge is 0.461 e. The van der Waals surface area contributed by atoms with Crippen LogP contribution in [0.2, 0.25) is 0 Å². The van der Waals surface area contributed by atoms with Crippen LogP contribution in [-0.4, -0.2) is 23.8 Å². The highest BCUT2D eigenvalue weighted by Crippen LogP contribution is 2.42. The number of hydrogen-bond donors (Lipinski definition) is 2. The van der Waals surface area contributed by atoms with Gasteiger partial charge in [0.15, 0.2) is 0 Å². The topological polar surface area (TPSA) is 58.6 Å². The number of carbonyl (C=O) groups is 1.